The Morgan fingerprint density at radius 3 is 2.43 bits per heavy atom. The van der Waals surface area contributed by atoms with Crippen LogP contribution in [0.5, 0.6) is 0 Å². The number of nitrogens with one attached hydrogen (secondary N) is 2. The zero-order valence-electron chi connectivity index (χ0n) is 16.0. The average molecular weight is 394 g/mol. The second-order valence-corrected chi connectivity index (χ2v) is 7.94. The van der Waals surface area contributed by atoms with E-state index in [1.54, 1.807) is 0 Å². The SMILES string of the molecule is Cc1csc(C(=O)Nc2ccc(Nc3nc(C)cc(N4CCCC4)n3)cc2)c1. The molecule has 1 amide bonds. The molecule has 0 aliphatic carbocycles. The summed E-state index contributed by atoms with van der Waals surface area (Å²) in [5, 5.41) is 8.16. The van der Waals surface area contributed by atoms with Crippen molar-refractivity contribution in [3.63, 3.8) is 0 Å². The lowest BCUT2D eigenvalue weighted by Gasteiger charge is -2.17. The molecule has 2 aromatic heterocycles. The Balaban J connectivity index is 1.43. The van der Waals surface area contributed by atoms with Crippen LogP contribution in [0.4, 0.5) is 23.1 Å². The third-order valence-corrected chi connectivity index (χ3v) is 5.67. The molecule has 1 aliphatic rings. The molecular weight excluding hydrogens is 370 g/mol. The van der Waals surface area contributed by atoms with Crippen molar-refractivity contribution in [2.45, 2.75) is 26.7 Å². The predicted octanol–water partition coefficient (Wildman–Crippen LogP) is 4.75. The Kier molecular flexibility index (Phi) is 5.25. The Morgan fingerprint density at radius 2 is 1.75 bits per heavy atom. The van der Waals surface area contributed by atoms with Crippen molar-refractivity contribution in [2.75, 3.05) is 28.6 Å². The molecule has 3 heterocycles. The van der Waals surface area contributed by atoms with Gasteiger partial charge in [0.15, 0.2) is 0 Å². The highest BCUT2D eigenvalue weighted by Crippen LogP contribution is 2.23. The maximum Gasteiger partial charge on any atom is 0.265 e. The van der Waals surface area contributed by atoms with Crippen molar-refractivity contribution < 1.29 is 4.79 Å². The molecule has 3 aromatic rings. The van der Waals surface area contributed by atoms with E-state index < -0.39 is 0 Å². The van der Waals surface area contributed by atoms with Crippen molar-refractivity contribution in [3.8, 4) is 0 Å². The van der Waals surface area contributed by atoms with Crippen LogP contribution in [0.1, 0.15) is 33.8 Å². The Labute approximate surface area is 168 Å². The largest absolute Gasteiger partial charge is 0.356 e. The number of amides is 1. The number of rotatable bonds is 5. The average Bonchev–Trinajstić information content (AvgIpc) is 3.35. The summed E-state index contributed by atoms with van der Waals surface area (Å²) in [6.45, 7) is 6.07. The molecule has 144 valence electrons. The van der Waals surface area contributed by atoms with Gasteiger partial charge in [0.05, 0.1) is 4.88 Å². The van der Waals surface area contributed by atoms with E-state index in [4.69, 9.17) is 0 Å². The molecule has 0 saturated carbocycles. The predicted molar refractivity (Wildman–Crippen MR) is 115 cm³/mol. The number of benzene rings is 1. The first-order valence-corrected chi connectivity index (χ1v) is 10.3. The van der Waals surface area contributed by atoms with E-state index in [0.717, 1.165) is 41.5 Å². The van der Waals surface area contributed by atoms with Crippen LogP contribution in [0.25, 0.3) is 0 Å². The minimum atomic E-state index is -0.0870. The van der Waals surface area contributed by atoms with E-state index in [1.807, 2.05) is 55.6 Å². The number of carbonyl (C=O) groups excluding carboxylic acids is 1. The van der Waals surface area contributed by atoms with E-state index in [9.17, 15) is 4.79 Å². The van der Waals surface area contributed by atoms with Crippen molar-refractivity contribution in [1.82, 2.24) is 9.97 Å². The lowest BCUT2D eigenvalue weighted by Crippen LogP contribution is -2.19. The topological polar surface area (TPSA) is 70.2 Å². The lowest BCUT2D eigenvalue weighted by atomic mass is 10.2. The van der Waals surface area contributed by atoms with Crippen LogP contribution in [0.15, 0.2) is 41.8 Å². The van der Waals surface area contributed by atoms with E-state index in [2.05, 4.69) is 25.5 Å². The fourth-order valence-corrected chi connectivity index (χ4v) is 4.02. The van der Waals surface area contributed by atoms with Gasteiger partial charge in [0.1, 0.15) is 5.82 Å². The minimum Gasteiger partial charge on any atom is -0.356 e. The molecule has 28 heavy (non-hydrogen) atoms. The van der Waals surface area contributed by atoms with Gasteiger partial charge in [-0.1, -0.05) is 0 Å². The molecule has 0 radical (unpaired) electrons. The van der Waals surface area contributed by atoms with Crippen molar-refractivity contribution in [1.29, 1.82) is 0 Å². The van der Waals surface area contributed by atoms with E-state index in [1.165, 1.54) is 24.2 Å². The van der Waals surface area contributed by atoms with Crippen LogP contribution < -0.4 is 15.5 Å². The molecule has 7 heteroatoms. The normalized spacial score (nSPS) is 13.6. The van der Waals surface area contributed by atoms with Gasteiger partial charge in [0.25, 0.3) is 5.91 Å². The van der Waals surface area contributed by atoms with Gasteiger partial charge < -0.3 is 15.5 Å². The zero-order chi connectivity index (χ0) is 19.5. The fourth-order valence-electron chi connectivity index (χ4n) is 3.23. The van der Waals surface area contributed by atoms with Gasteiger partial charge in [0.2, 0.25) is 5.95 Å². The van der Waals surface area contributed by atoms with Gasteiger partial charge in [-0.3, -0.25) is 4.79 Å². The van der Waals surface area contributed by atoms with Crippen LogP contribution in [-0.4, -0.2) is 29.0 Å². The van der Waals surface area contributed by atoms with Crippen LogP contribution in [0.2, 0.25) is 0 Å². The number of thiophene rings is 1. The van der Waals surface area contributed by atoms with E-state index >= 15 is 0 Å². The summed E-state index contributed by atoms with van der Waals surface area (Å²) in [5.41, 5.74) is 3.67. The summed E-state index contributed by atoms with van der Waals surface area (Å²) >= 11 is 1.45. The lowest BCUT2D eigenvalue weighted by molar-refractivity contribution is 0.103. The van der Waals surface area contributed by atoms with Gasteiger partial charge in [-0.15, -0.1) is 11.3 Å². The molecule has 1 aromatic carbocycles. The fraction of sp³-hybridized carbons (Fsp3) is 0.286. The number of hydrogen-bond donors (Lipinski definition) is 2. The summed E-state index contributed by atoms with van der Waals surface area (Å²) in [6, 6.07) is 11.5. The minimum absolute atomic E-state index is 0.0870. The third-order valence-electron chi connectivity index (χ3n) is 4.62. The van der Waals surface area contributed by atoms with Crippen molar-refractivity contribution >= 4 is 40.4 Å². The Morgan fingerprint density at radius 1 is 1.04 bits per heavy atom. The monoisotopic (exact) mass is 393 g/mol. The second-order valence-electron chi connectivity index (χ2n) is 7.03. The number of hydrogen-bond acceptors (Lipinski definition) is 6. The Hall–Kier alpha value is -2.93. The Bertz CT molecular complexity index is 977. The molecule has 6 nitrogen and oxygen atoms in total. The second kappa shape index (κ2) is 7.98. The maximum atomic E-state index is 12.3. The van der Waals surface area contributed by atoms with Gasteiger partial charge in [-0.05, 0) is 68.0 Å². The first-order valence-electron chi connectivity index (χ1n) is 9.41. The maximum absolute atomic E-state index is 12.3. The zero-order valence-corrected chi connectivity index (χ0v) is 16.8. The number of anilines is 4. The van der Waals surface area contributed by atoms with Crippen LogP contribution in [0, 0.1) is 13.8 Å². The summed E-state index contributed by atoms with van der Waals surface area (Å²) in [6.07, 6.45) is 2.42. The molecule has 0 spiro atoms. The quantitative estimate of drug-likeness (QED) is 0.654. The molecule has 0 atom stereocenters. The molecule has 1 aliphatic heterocycles. The standard InChI is InChI=1S/C21H23N5OS/c1-14-11-18(28-13-14)20(27)23-16-5-7-17(8-6-16)24-21-22-15(2)12-19(25-21)26-9-3-4-10-26/h5-8,11-13H,3-4,9-10H2,1-2H3,(H,23,27)(H,22,24,25). The molecule has 4 rings (SSSR count). The van der Waals surface area contributed by atoms with Crippen molar-refractivity contribution in [3.05, 3.63) is 57.9 Å². The smallest absolute Gasteiger partial charge is 0.265 e. The first-order chi connectivity index (χ1) is 13.6. The number of aryl methyl sites for hydroxylation is 2. The molecule has 1 saturated heterocycles. The van der Waals surface area contributed by atoms with Gasteiger partial charge in [-0.2, -0.15) is 4.98 Å². The third kappa shape index (κ3) is 4.31. The van der Waals surface area contributed by atoms with Crippen LogP contribution in [-0.2, 0) is 0 Å². The van der Waals surface area contributed by atoms with Gasteiger partial charge in [-0.25, -0.2) is 4.98 Å². The molecule has 0 bridgehead atoms. The van der Waals surface area contributed by atoms with E-state index in [-0.39, 0.29) is 5.91 Å². The van der Waals surface area contributed by atoms with Crippen LogP contribution >= 0.6 is 11.3 Å². The highest BCUT2D eigenvalue weighted by molar-refractivity contribution is 7.12. The molecule has 1 fully saturated rings. The molecular formula is C21H23N5OS. The summed E-state index contributed by atoms with van der Waals surface area (Å²) in [5.74, 6) is 1.48. The van der Waals surface area contributed by atoms with Gasteiger partial charge in [0, 0.05) is 36.2 Å². The van der Waals surface area contributed by atoms with Crippen molar-refractivity contribution in [2.24, 2.45) is 0 Å². The number of aromatic nitrogens is 2. The summed E-state index contributed by atoms with van der Waals surface area (Å²) in [7, 11) is 0. The number of nitrogens with zero attached hydrogens (tertiary/aromatic N) is 3. The van der Waals surface area contributed by atoms with E-state index in [0.29, 0.717) is 10.8 Å². The highest BCUT2D eigenvalue weighted by atomic mass is 32.1. The molecule has 2 N–H and O–H groups in total. The summed E-state index contributed by atoms with van der Waals surface area (Å²) in [4.78, 5) is 24.4. The summed E-state index contributed by atoms with van der Waals surface area (Å²) < 4.78 is 0. The van der Waals surface area contributed by atoms with Crippen LogP contribution in [0.3, 0.4) is 0 Å². The highest BCUT2D eigenvalue weighted by Gasteiger charge is 2.15. The first kappa shape index (κ1) is 18.4. The number of carbonyl (C=O) groups is 1. The molecule has 0 unspecified atom stereocenters. The van der Waals surface area contributed by atoms with Gasteiger partial charge >= 0.3 is 0 Å².